The lowest BCUT2D eigenvalue weighted by molar-refractivity contribution is -0.315. The molecule has 2 saturated heterocycles. The maximum Gasteiger partial charge on any atom is 0.470 e. The average molecular weight is 571 g/mol. The van der Waals surface area contributed by atoms with Crippen LogP contribution in [0.1, 0.15) is 0 Å². The Labute approximate surface area is 208 Å². The first kappa shape index (κ1) is 32.7. The van der Waals surface area contributed by atoms with E-state index in [4.69, 9.17) is 45.4 Å². The molecule has 0 aromatic rings. The highest BCUT2D eigenvalue weighted by atomic mass is 31.2. The molecule has 2 heterocycles. The number of phosphoric ester groups is 1. The van der Waals surface area contributed by atoms with Crippen LogP contribution in [0.15, 0.2) is 0 Å². The Morgan fingerprint density at radius 1 is 0.649 bits per heavy atom. The van der Waals surface area contributed by atoms with Gasteiger partial charge in [-0.2, -0.15) is 0 Å². The molecule has 0 bridgehead atoms. The maximum absolute atomic E-state index is 11.2. The van der Waals surface area contributed by atoms with E-state index in [1.54, 1.807) is 0 Å². The van der Waals surface area contributed by atoms with Gasteiger partial charge in [-0.15, -0.1) is 0 Å². The number of nitrogens with two attached hydrogens (primary N) is 1. The van der Waals surface area contributed by atoms with Gasteiger partial charge in [0.25, 0.3) is 0 Å². The Morgan fingerprint density at radius 3 is 1.51 bits per heavy atom. The normalized spacial score (nSPS) is 48.9. The fourth-order valence-corrected chi connectivity index (χ4v) is 4.44. The van der Waals surface area contributed by atoms with Crippen molar-refractivity contribution >= 4 is 7.82 Å². The van der Waals surface area contributed by atoms with E-state index in [0.29, 0.717) is 0 Å². The summed E-state index contributed by atoms with van der Waals surface area (Å²) < 4.78 is 30.5. The van der Waals surface area contributed by atoms with E-state index in [-0.39, 0.29) is 0 Å². The van der Waals surface area contributed by atoms with Crippen LogP contribution in [0.5, 0.6) is 0 Å². The molecule has 0 aromatic heterocycles. The van der Waals surface area contributed by atoms with Gasteiger partial charge in [-0.1, -0.05) is 0 Å². The minimum absolute atomic E-state index is 0.407. The Balaban J connectivity index is 0.000000402. The fourth-order valence-electron chi connectivity index (χ4n) is 3.88. The fraction of sp³-hybridized carbons (Fsp3) is 1.00. The highest BCUT2D eigenvalue weighted by Gasteiger charge is 2.54. The van der Waals surface area contributed by atoms with E-state index in [2.05, 4.69) is 9.26 Å². The highest BCUT2D eigenvalue weighted by Crippen LogP contribution is 2.42. The van der Waals surface area contributed by atoms with Crippen molar-refractivity contribution in [1.82, 2.24) is 0 Å². The molecule has 3 rings (SSSR count). The van der Waals surface area contributed by atoms with E-state index in [1.807, 2.05) is 0 Å². The molecule has 15 N–H and O–H groups in total. The van der Waals surface area contributed by atoms with Gasteiger partial charge in [0.2, 0.25) is 0 Å². The zero-order chi connectivity index (χ0) is 28.4. The van der Waals surface area contributed by atoms with E-state index >= 15 is 0 Å². The Morgan fingerprint density at radius 2 is 1.11 bits per heavy atom. The van der Waals surface area contributed by atoms with Gasteiger partial charge in [-0.05, 0) is 0 Å². The van der Waals surface area contributed by atoms with Crippen molar-refractivity contribution in [2.75, 3.05) is 13.2 Å². The lowest BCUT2D eigenvalue weighted by atomic mass is 9.84. The summed E-state index contributed by atoms with van der Waals surface area (Å²) in [5.74, 6) is 0. The third-order valence-corrected chi connectivity index (χ3v) is 6.56. The summed E-state index contributed by atoms with van der Waals surface area (Å²) >= 11 is 0. The molecule has 1 saturated carbocycles. The van der Waals surface area contributed by atoms with Crippen LogP contribution in [-0.4, -0.2) is 171 Å². The van der Waals surface area contributed by atoms with Gasteiger partial charge in [0.15, 0.2) is 12.6 Å². The molecule has 0 radical (unpaired) electrons. The van der Waals surface area contributed by atoms with Crippen molar-refractivity contribution in [1.29, 1.82) is 0 Å². The molecule has 19 nitrogen and oxygen atoms in total. The molecule has 3 fully saturated rings. The third kappa shape index (κ3) is 7.58. The predicted octanol–water partition coefficient (Wildman–Crippen LogP) is -8.51. The molecule has 1 unspecified atom stereocenters. The lowest BCUT2D eigenvalue weighted by Crippen LogP contribution is -2.68. The summed E-state index contributed by atoms with van der Waals surface area (Å²) in [4.78, 5) is 18.0. The van der Waals surface area contributed by atoms with Gasteiger partial charge in [-0.25, -0.2) is 4.57 Å². The highest BCUT2D eigenvalue weighted by molar-refractivity contribution is 7.46. The molecule has 220 valence electrons. The number of rotatable bonds is 6. The first-order chi connectivity index (χ1) is 17.0. The van der Waals surface area contributed by atoms with Crippen molar-refractivity contribution < 1.29 is 89.3 Å². The van der Waals surface area contributed by atoms with Gasteiger partial charge in [0.1, 0.15) is 73.2 Å². The second kappa shape index (κ2) is 13.2. The molecule has 2 aliphatic heterocycles. The second-order valence-electron chi connectivity index (χ2n) is 8.64. The second-order valence-corrected chi connectivity index (χ2v) is 9.83. The molecular formula is C17H34NO18P. The van der Waals surface area contributed by atoms with Crippen molar-refractivity contribution in [3.05, 3.63) is 0 Å². The summed E-state index contributed by atoms with van der Waals surface area (Å²) in [6, 6.07) is -1.44. The van der Waals surface area contributed by atoms with Gasteiger partial charge < -0.3 is 85.9 Å². The van der Waals surface area contributed by atoms with Crippen molar-refractivity contribution in [2.45, 2.75) is 91.9 Å². The first-order valence-electron chi connectivity index (χ1n) is 10.9. The van der Waals surface area contributed by atoms with E-state index < -0.39 is 113 Å². The van der Waals surface area contributed by atoms with Crippen molar-refractivity contribution in [3.8, 4) is 0 Å². The molecule has 0 spiro atoms. The summed E-state index contributed by atoms with van der Waals surface area (Å²) in [7, 11) is -5.24. The van der Waals surface area contributed by atoms with Gasteiger partial charge in [0, 0.05) is 0 Å². The molecule has 20 heteroatoms. The minimum Gasteiger partial charge on any atom is -0.394 e. The Kier molecular flexibility index (Phi) is 11.7. The van der Waals surface area contributed by atoms with Crippen LogP contribution in [0.4, 0.5) is 0 Å². The third-order valence-electron chi connectivity index (χ3n) is 6.04. The number of hydrogen-bond donors (Lipinski definition) is 14. The number of aliphatic hydroxyl groups is 11. The zero-order valence-corrected chi connectivity index (χ0v) is 19.8. The Hall–Kier alpha value is -0.490. The Bertz CT molecular complexity index is 758. The smallest absolute Gasteiger partial charge is 0.394 e. The largest absolute Gasteiger partial charge is 0.470 e. The van der Waals surface area contributed by atoms with Crippen LogP contribution in [0.3, 0.4) is 0 Å². The topological polar surface area (TPSA) is 343 Å². The molecular weight excluding hydrogens is 537 g/mol. The SMILES string of the molecule is N[C@H]1[C@@H](O[C@@H]2[C@H](O)[C@@H](O)[C@H](O)[C@@H](O)[C@H]2OP(=O)(O)O)O[C@H](CO)[C@@H](O)[C@@H]1O.OC[C@H]1OC(O)[C@H](O)[C@@H]1O. The van der Waals surface area contributed by atoms with E-state index in [9.17, 15) is 40.3 Å². The van der Waals surface area contributed by atoms with Crippen LogP contribution in [-0.2, 0) is 23.3 Å². The molecule has 0 aromatic carbocycles. The van der Waals surface area contributed by atoms with Gasteiger partial charge in [0.05, 0.1) is 19.3 Å². The molecule has 37 heavy (non-hydrogen) atoms. The molecule has 0 amide bonds. The van der Waals surface area contributed by atoms with Crippen LogP contribution >= 0.6 is 7.82 Å². The van der Waals surface area contributed by atoms with Crippen LogP contribution in [0.25, 0.3) is 0 Å². The molecule has 15 atom stereocenters. The summed E-state index contributed by atoms with van der Waals surface area (Å²) in [6.45, 7) is -1.15. The van der Waals surface area contributed by atoms with Crippen LogP contribution < -0.4 is 5.73 Å². The van der Waals surface area contributed by atoms with Gasteiger partial charge in [-0.3, -0.25) is 4.52 Å². The maximum atomic E-state index is 11.2. The molecule has 3 aliphatic rings. The van der Waals surface area contributed by atoms with Crippen molar-refractivity contribution in [2.24, 2.45) is 5.73 Å². The monoisotopic (exact) mass is 571 g/mol. The van der Waals surface area contributed by atoms with E-state index in [1.165, 1.54) is 0 Å². The first-order valence-corrected chi connectivity index (χ1v) is 12.4. The average Bonchev–Trinajstić information content (AvgIpc) is 3.09. The van der Waals surface area contributed by atoms with Gasteiger partial charge >= 0.3 is 7.82 Å². The standard InChI is InChI=1S/C12H24NO13P.C5H10O5/c13-3-5(16)4(15)2(1-14)24-12(3)25-10-8(19)6(17)7(18)9(20)11(10)26-27(21,22)23;6-1-2-3(7)4(8)5(9)10-2/h2-12,14-20H,1,13H2,(H2,21,22,23);2-9H,1H2/t2-,3-,4-,5-,6+,7+,8-,9-,10-,11-,12-;2-,3-,4-,5?/m11/s1. The summed E-state index contributed by atoms with van der Waals surface area (Å²) in [5, 5.41) is 103. The summed E-state index contributed by atoms with van der Waals surface area (Å²) in [5.41, 5.74) is 5.67. The number of hydrogen-bond acceptors (Lipinski definition) is 17. The summed E-state index contributed by atoms with van der Waals surface area (Å²) in [6.07, 6.45) is -22.9. The minimum atomic E-state index is -5.24. The van der Waals surface area contributed by atoms with E-state index in [0.717, 1.165) is 0 Å². The number of aliphatic hydroxyl groups excluding tert-OH is 11. The predicted molar refractivity (Wildman–Crippen MR) is 112 cm³/mol. The van der Waals surface area contributed by atoms with Crippen LogP contribution in [0, 0.1) is 0 Å². The number of phosphoric acid groups is 1. The van der Waals surface area contributed by atoms with Crippen molar-refractivity contribution in [3.63, 3.8) is 0 Å². The lowest BCUT2D eigenvalue weighted by Gasteiger charge is -2.47. The number of ether oxygens (including phenoxy) is 3. The molecule has 1 aliphatic carbocycles. The quantitative estimate of drug-likeness (QED) is 0.131. The zero-order valence-electron chi connectivity index (χ0n) is 19.0. The van der Waals surface area contributed by atoms with Crippen LogP contribution in [0.2, 0.25) is 0 Å².